The largest absolute Gasteiger partial charge is 0.319 e. The van der Waals surface area contributed by atoms with Gasteiger partial charge in [-0.1, -0.05) is 53.4 Å². The van der Waals surface area contributed by atoms with Crippen LogP contribution in [0.15, 0.2) is 13.2 Å². The third-order valence-corrected chi connectivity index (χ3v) is 4.63. The van der Waals surface area contributed by atoms with Crippen molar-refractivity contribution >= 4 is 16.5 Å². The lowest BCUT2D eigenvalue weighted by Gasteiger charge is -2.03. The van der Waals surface area contributed by atoms with E-state index in [0.29, 0.717) is 26.4 Å². The van der Waals surface area contributed by atoms with Gasteiger partial charge in [0.25, 0.3) is 0 Å². The van der Waals surface area contributed by atoms with Gasteiger partial charge in [-0.2, -0.15) is 0 Å². The highest BCUT2D eigenvalue weighted by atomic mass is 31.1. The van der Waals surface area contributed by atoms with Crippen molar-refractivity contribution in [2.24, 2.45) is 0 Å². The average molecular weight is 416 g/mol. The molecule has 0 aliphatic carbocycles. The third kappa shape index (κ3) is 31.8. The first kappa shape index (κ1) is 30.8. The Hall–Kier alpha value is 0.0400. The van der Waals surface area contributed by atoms with E-state index in [1.165, 1.54) is 0 Å². The molecule has 0 atom stereocenters. The molecular weight excluding hydrogens is 374 g/mol. The van der Waals surface area contributed by atoms with Crippen LogP contribution in [0.5, 0.6) is 0 Å². The molecule has 0 N–H and O–H groups in total. The maximum atomic E-state index is 10.9. The summed E-state index contributed by atoms with van der Waals surface area (Å²) in [5, 5.41) is 0. The maximum Gasteiger partial charge on any atom is 0.319 e. The summed E-state index contributed by atoms with van der Waals surface area (Å²) >= 11 is 0. The lowest BCUT2D eigenvalue weighted by Crippen LogP contribution is -1.90. The van der Waals surface area contributed by atoms with E-state index >= 15 is 0 Å². The van der Waals surface area contributed by atoms with Gasteiger partial charge in [0.15, 0.2) is 0 Å². The molecule has 0 radical (unpaired) electrons. The molecule has 0 aromatic rings. The zero-order chi connectivity index (χ0) is 20.5. The molecule has 0 fully saturated rings. The highest BCUT2D eigenvalue weighted by Crippen LogP contribution is 2.24. The third-order valence-electron chi connectivity index (χ3n) is 2.87. The first-order valence-corrected chi connectivity index (χ1v) is 12.2. The monoisotopic (exact) mass is 416 g/mol. The molecule has 26 heavy (non-hydrogen) atoms. The lowest BCUT2D eigenvalue weighted by atomic mass is 10.4. The van der Waals surface area contributed by atoms with Crippen LogP contribution in [0.3, 0.4) is 0 Å². The Bertz CT molecular complexity index is 251. The predicted molar refractivity (Wildman–Crippen MR) is 113 cm³/mol. The fourth-order valence-corrected chi connectivity index (χ4v) is 2.69. The minimum absolute atomic E-state index is 0.556. The van der Waals surface area contributed by atoms with E-state index in [-0.39, 0.29) is 0 Å². The van der Waals surface area contributed by atoms with Crippen molar-refractivity contribution in [3.05, 3.63) is 13.2 Å². The Balaban J connectivity index is -0.000000371. The van der Waals surface area contributed by atoms with E-state index < -0.39 is 16.5 Å². The normalized spacial score (nSPS) is 10.2. The molecule has 0 saturated heterocycles. The van der Waals surface area contributed by atoms with Crippen LogP contribution in [0.2, 0.25) is 0 Å². The van der Waals surface area contributed by atoms with Crippen LogP contribution in [0, 0.1) is 0 Å². The molecule has 0 unspecified atom stereocenters. The van der Waals surface area contributed by atoms with E-state index in [1.807, 2.05) is 0 Å². The molecule has 6 nitrogen and oxygen atoms in total. The molecule has 0 rings (SSSR count). The molecule has 0 aromatic carbocycles. The molecule has 8 heteroatoms. The van der Waals surface area contributed by atoms with Crippen LogP contribution in [-0.4, -0.2) is 26.4 Å². The number of hydrogen-bond acceptors (Lipinski definition) is 6. The van der Waals surface area contributed by atoms with Gasteiger partial charge in [-0.05, 0) is 25.7 Å². The molecule has 0 bridgehead atoms. The molecule has 0 amide bonds. The van der Waals surface area contributed by atoms with Crippen molar-refractivity contribution in [2.75, 3.05) is 26.4 Å². The summed E-state index contributed by atoms with van der Waals surface area (Å²) in [6.45, 7) is 16.5. The van der Waals surface area contributed by atoms with Gasteiger partial charge in [0.2, 0.25) is 0 Å². The van der Waals surface area contributed by atoms with Crippen molar-refractivity contribution in [3.63, 3.8) is 0 Å². The van der Waals surface area contributed by atoms with Crippen molar-refractivity contribution in [1.82, 2.24) is 0 Å². The Morgan fingerprint density at radius 2 is 0.731 bits per heavy atom. The number of rotatable bonds is 16. The summed E-state index contributed by atoms with van der Waals surface area (Å²) in [5.74, 6) is 0. The quantitative estimate of drug-likeness (QED) is 0.156. The summed E-state index contributed by atoms with van der Waals surface area (Å²) in [6.07, 6.45) is 8.05. The number of unbranched alkanes of at least 4 members (excludes halogenated alkanes) is 4. The highest BCUT2D eigenvalue weighted by Gasteiger charge is 1.98. The summed E-state index contributed by atoms with van der Waals surface area (Å²) in [4.78, 5) is 0. The summed E-state index contributed by atoms with van der Waals surface area (Å²) in [6, 6.07) is 0. The molecule has 160 valence electrons. The summed E-state index contributed by atoms with van der Waals surface area (Å²) in [7, 11) is -4.37. The Kier molecular flexibility index (Phi) is 35.2. The Morgan fingerprint density at radius 1 is 0.538 bits per heavy atom. The Labute approximate surface area is 162 Å². The van der Waals surface area contributed by atoms with Crippen LogP contribution in [0.4, 0.5) is 0 Å². The molecule has 0 spiro atoms. The molecule has 0 aromatic heterocycles. The topological polar surface area (TPSA) is 71.1 Å². The van der Waals surface area contributed by atoms with E-state index in [2.05, 4.69) is 40.9 Å². The van der Waals surface area contributed by atoms with Gasteiger partial charge in [0, 0.05) is 0 Å². The molecule has 0 aliphatic heterocycles. The van der Waals surface area contributed by atoms with Gasteiger partial charge in [-0.25, -0.2) is 0 Å². The van der Waals surface area contributed by atoms with Crippen LogP contribution in [0.25, 0.3) is 0 Å². The van der Waals surface area contributed by atoms with E-state index in [9.17, 15) is 9.13 Å². The molecule has 0 aliphatic rings. The predicted octanol–water partition coefficient (Wildman–Crippen LogP) is 6.82. The van der Waals surface area contributed by atoms with Crippen molar-refractivity contribution < 1.29 is 27.2 Å². The second kappa shape index (κ2) is 29.8. The average Bonchev–Trinajstić information content (AvgIpc) is 2.65. The smallest absolute Gasteiger partial charge is 0.311 e. The molecule has 0 heterocycles. The number of hydrogen-bond donors (Lipinski definition) is 0. The SMILES string of the molecule is C=C.CCCCO[PH](=O)OCCCC.CCCCO[PH](=O)OCCCC. The zero-order valence-electron chi connectivity index (χ0n) is 17.3. The van der Waals surface area contributed by atoms with E-state index in [1.54, 1.807) is 0 Å². The van der Waals surface area contributed by atoms with Crippen LogP contribution < -0.4 is 0 Å². The first-order chi connectivity index (χ1) is 12.6. The van der Waals surface area contributed by atoms with Gasteiger partial charge >= 0.3 is 16.5 Å². The second-order valence-corrected chi connectivity index (χ2v) is 7.46. The van der Waals surface area contributed by atoms with E-state index in [0.717, 1.165) is 51.4 Å². The lowest BCUT2D eigenvalue weighted by molar-refractivity contribution is 0.220. The minimum Gasteiger partial charge on any atom is -0.311 e. The van der Waals surface area contributed by atoms with Crippen LogP contribution >= 0.6 is 16.5 Å². The Morgan fingerprint density at radius 3 is 0.885 bits per heavy atom. The second-order valence-electron chi connectivity index (χ2n) is 5.31. The fourth-order valence-electron chi connectivity index (χ4n) is 1.28. The van der Waals surface area contributed by atoms with Gasteiger partial charge < -0.3 is 18.1 Å². The van der Waals surface area contributed by atoms with Crippen LogP contribution in [0.1, 0.15) is 79.1 Å². The fraction of sp³-hybridized carbons (Fsp3) is 0.889. The van der Waals surface area contributed by atoms with Gasteiger partial charge in [-0.15, -0.1) is 13.2 Å². The standard InChI is InChI=1S/2C8H19O3P.C2H4/c2*1-3-5-7-10-12(9)11-8-6-4-2;1-2/h2*12H,3-8H2,1-2H3;1-2H2. The van der Waals surface area contributed by atoms with Crippen LogP contribution in [-0.2, 0) is 27.2 Å². The van der Waals surface area contributed by atoms with Gasteiger partial charge in [0.05, 0.1) is 26.4 Å². The zero-order valence-corrected chi connectivity index (χ0v) is 19.3. The maximum absolute atomic E-state index is 10.9. The highest BCUT2D eigenvalue weighted by molar-refractivity contribution is 7.33. The summed E-state index contributed by atoms with van der Waals surface area (Å²) in [5.41, 5.74) is 0. The van der Waals surface area contributed by atoms with E-state index in [4.69, 9.17) is 18.1 Å². The summed E-state index contributed by atoms with van der Waals surface area (Å²) < 4.78 is 41.7. The minimum atomic E-state index is -2.18. The van der Waals surface area contributed by atoms with Gasteiger partial charge in [0.1, 0.15) is 0 Å². The van der Waals surface area contributed by atoms with Crippen molar-refractivity contribution in [3.8, 4) is 0 Å². The molecular formula is C18H42O6P2. The first-order valence-electron chi connectivity index (χ1n) is 9.71. The van der Waals surface area contributed by atoms with Gasteiger partial charge in [-0.3, -0.25) is 9.13 Å². The van der Waals surface area contributed by atoms with Crippen molar-refractivity contribution in [1.29, 1.82) is 0 Å². The van der Waals surface area contributed by atoms with Crippen molar-refractivity contribution in [2.45, 2.75) is 79.1 Å². The molecule has 0 saturated carbocycles.